The summed E-state index contributed by atoms with van der Waals surface area (Å²) in [6.45, 7) is 30.5. The van der Waals surface area contributed by atoms with Crippen LogP contribution in [0.1, 0.15) is 108 Å². The summed E-state index contributed by atoms with van der Waals surface area (Å²) in [7, 11) is -2.97. The van der Waals surface area contributed by atoms with E-state index < -0.39 is 35.2 Å². The van der Waals surface area contributed by atoms with Crippen LogP contribution >= 0.6 is 0 Å². The maximum absolute atomic E-state index is 13.7. The van der Waals surface area contributed by atoms with Crippen molar-refractivity contribution < 1.29 is 27.9 Å². The lowest BCUT2D eigenvalue weighted by atomic mass is 9.61. The molecule has 0 aromatic rings. The molecule has 0 radical (unpaired) electrons. The maximum atomic E-state index is 13.7. The number of ether oxygens (including phenoxy) is 2. The third-order valence-corrected chi connectivity index (χ3v) is 12.3. The number of carbonyl (C=O) groups excluding carboxylic acids is 2. The minimum absolute atomic E-state index is 0.0217. The van der Waals surface area contributed by atoms with Crippen molar-refractivity contribution >= 4 is 30.0 Å². The summed E-state index contributed by atoms with van der Waals surface area (Å²) in [6, 6.07) is 0. The maximum Gasteiger partial charge on any atom is 0.334 e. The van der Waals surface area contributed by atoms with E-state index in [9.17, 15) is 9.59 Å². The van der Waals surface area contributed by atoms with Gasteiger partial charge in [-0.15, -0.1) is 0 Å². The van der Waals surface area contributed by atoms with Crippen molar-refractivity contribution in [2.45, 2.75) is 158 Å². The number of allylic oxidation sites excluding steroid dienone is 3. The highest BCUT2D eigenvalue weighted by atomic mass is 28.3. The van der Waals surface area contributed by atoms with Crippen molar-refractivity contribution in [1.82, 2.24) is 0 Å². The Balaban J connectivity index is 2.03. The van der Waals surface area contributed by atoms with Crippen LogP contribution < -0.4 is 0 Å². The molecule has 258 valence electrons. The van der Waals surface area contributed by atoms with Gasteiger partial charge in [-0.1, -0.05) is 73.1 Å². The monoisotopic (exact) mass is 662 g/mol. The summed E-state index contributed by atoms with van der Waals surface area (Å²) in [5.41, 5.74) is 0.110. The van der Waals surface area contributed by atoms with E-state index in [1.807, 2.05) is 13.8 Å². The van der Waals surface area contributed by atoms with E-state index in [0.29, 0.717) is 12.3 Å². The largest absolute Gasteiger partial charge is 0.461 e. The van der Waals surface area contributed by atoms with Crippen LogP contribution in [-0.2, 0) is 27.9 Å². The van der Waals surface area contributed by atoms with E-state index in [0.717, 1.165) is 32.1 Å². The fourth-order valence-corrected chi connectivity index (χ4v) is 10.3. The molecule has 1 fully saturated rings. The Morgan fingerprint density at radius 1 is 0.933 bits per heavy atom. The molecule has 0 spiro atoms. The second-order valence-corrected chi connectivity index (χ2v) is 22.5. The van der Waals surface area contributed by atoms with E-state index in [1.54, 1.807) is 0 Å². The molecule has 8 atom stereocenters. The molecule has 1 unspecified atom stereocenters. The van der Waals surface area contributed by atoms with Gasteiger partial charge >= 0.3 is 11.9 Å². The molecule has 0 aromatic heterocycles. The summed E-state index contributed by atoms with van der Waals surface area (Å²) < 4.78 is 26.2. The smallest absolute Gasteiger partial charge is 0.334 e. The van der Waals surface area contributed by atoms with Crippen LogP contribution in [0.25, 0.3) is 0 Å². The Morgan fingerprint density at radius 3 is 2.11 bits per heavy atom. The Hall–Kier alpha value is -1.23. The third kappa shape index (κ3) is 9.44. The molecule has 0 saturated carbocycles. The average molecular weight is 663 g/mol. The molecule has 6 nitrogen and oxygen atoms in total. The first-order chi connectivity index (χ1) is 20.6. The highest BCUT2D eigenvalue weighted by Crippen LogP contribution is 2.51. The van der Waals surface area contributed by atoms with Crippen molar-refractivity contribution in [3.8, 4) is 0 Å². The molecule has 0 aromatic carbocycles. The van der Waals surface area contributed by atoms with Crippen LogP contribution in [0, 0.1) is 39.9 Å². The van der Waals surface area contributed by atoms with Crippen LogP contribution in [0.5, 0.6) is 0 Å². The quantitative estimate of drug-likeness (QED) is 0.163. The predicted octanol–water partition coefficient (Wildman–Crippen LogP) is 8.40. The molecular formula is C37H66O6Si2. The summed E-state index contributed by atoms with van der Waals surface area (Å²) in [5.74, 6) is 0.133. The minimum atomic E-state index is -1.52. The van der Waals surface area contributed by atoms with Gasteiger partial charge in [0.05, 0.1) is 11.0 Å². The molecule has 45 heavy (non-hydrogen) atoms. The number of carbonyl (C=O) groups is 2. The first-order valence-corrected chi connectivity index (χ1v) is 23.3. The van der Waals surface area contributed by atoms with Crippen LogP contribution in [-0.4, -0.2) is 53.9 Å². The van der Waals surface area contributed by atoms with Gasteiger partial charge in [0.25, 0.3) is 0 Å². The first kappa shape index (κ1) is 38.2. The highest BCUT2D eigenvalue weighted by Gasteiger charge is 2.53. The molecule has 0 amide bonds. The number of hydrogen-bond donors (Lipinski definition) is 0. The molecule has 3 rings (SSSR count). The SMILES string of the molecule is CCCC(C)(C)C(=O)O[C@H]1C[C@H](C(C)(C)C)C=C2C=CC[C@H]([C@](C)(C[C@H]3C[C@H](C(C)(C)C)C(O[SiH](C)C)C(=O)O3)O[SiH](C)C)[C@H]21. The Kier molecular flexibility index (Phi) is 12.3. The highest BCUT2D eigenvalue weighted by molar-refractivity contribution is 6.48. The van der Waals surface area contributed by atoms with Gasteiger partial charge in [-0.25, -0.2) is 4.79 Å². The number of fused-ring (bicyclic) bond motifs is 1. The predicted molar refractivity (Wildman–Crippen MR) is 189 cm³/mol. The van der Waals surface area contributed by atoms with E-state index in [4.69, 9.17) is 18.3 Å². The Labute approximate surface area is 278 Å². The molecule has 8 heteroatoms. The van der Waals surface area contributed by atoms with Gasteiger partial charge in [-0.05, 0) is 95.0 Å². The van der Waals surface area contributed by atoms with Gasteiger partial charge in [0.2, 0.25) is 0 Å². The molecule has 2 aliphatic carbocycles. The third-order valence-electron chi connectivity index (χ3n) is 10.4. The van der Waals surface area contributed by atoms with Gasteiger partial charge in [0.15, 0.2) is 18.1 Å². The second-order valence-electron chi connectivity index (χ2n) is 17.8. The number of cyclic esters (lactones) is 1. The van der Waals surface area contributed by atoms with Gasteiger partial charge in [-0.3, -0.25) is 4.79 Å². The molecule has 1 saturated heterocycles. The standard InChI is InChI=1S/C37H66O6Si2/c1-15-19-36(8,9)33(39)41-29-21-25(34(2,3)4)20-24-17-16-18-27(30(24)29)37(10,43-45(13)14)23-26-22-28(35(5,6)7)31(32(38)40-26)42-44(11)12/h16-17,20,25-31,44-45H,15,18-19,21-23H2,1-14H3/t25-,26-,27+,28+,29+,30+,31?,37+/m1/s1. The zero-order valence-corrected chi connectivity index (χ0v) is 33.4. The van der Waals surface area contributed by atoms with Crippen molar-refractivity contribution in [2.24, 2.45) is 39.9 Å². The number of rotatable bonds is 11. The van der Waals surface area contributed by atoms with Crippen LogP contribution in [0.4, 0.5) is 0 Å². The van der Waals surface area contributed by atoms with Gasteiger partial charge in [0, 0.05) is 24.2 Å². The first-order valence-electron chi connectivity index (χ1n) is 17.7. The van der Waals surface area contributed by atoms with E-state index in [1.165, 1.54) is 5.57 Å². The molecule has 0 bridgehead atoms. The summed E-state index contributed by atoms with van der Waals surface area (Å²) in [5, 5.41) is 0. The molecule has 1 heterocycles. The van der Waals surface area contributed by atoms with Gasteiger partial charge in [0.1, 0.15) is 18.3 Å². The van der Waals surface area contributed by atoms with Crippen molar-refractivity contribution in [3.63, 3.8) is 0 Å². The fraction of sp³-hybridized carbons (Fsp3) is 0.838. The lowest BCUT2D eigenvalue weighted by Crippen LogP contribution is -2.55. The van der Waals surface area contributed by atoms with Gasteiger partial charge in [-0.2, -0.15) is 0 Å². The van der Waals surface area contributed by atoms with Crippen LogP contribution in [0.3, 0.4) is 0 Å². The summed E-state index contributed by atoms with van der Waals surface area (Å²) >= 11 is 0. The Bertz CT molecular complexity index is 1100. The normalized spacial score (nSPS) is 30.9. The minimum Gasteiger partial charge on any atom is -0.461 e. The van der Waals surface area contributed by atoms with E-state index >= 15 is 0 Å². The van der Waals surface area contributed by atoms with Crippen molar-refractivity contribution in [1.29, 1.82) is 0 Å². The zero-order valence-electron chi connectivity index (χ0n) is 31.1. The molecular weight excluding hydrogens is 597 g/mol. The summed E-state index contributed by atoms with van der Waals surface area (Å²) in [4.78, 5) is 27.3. The second kappa shape index (κ2) is 14.5. The van der Waals surface area contributed by atoms with Crippen molar-refractivity contribution in [3.05, 3.63) is 23.8 Å². The van der Waals surface area contributed by atoms with E-state index in [2.05, 4.69) is 99.8 Å². The van der Waals surface area contributed by atoms with E-state index in [-0.39, 0.29) is 52.7 Å². The Morgan fingerprint density at radius 2 is 1.58 bits per heavy atom. The molecule has 1 aliphatic heterocycles. The van der Waals surface area contributed by atoms with Crippen LogP contribution in [0.2, 0.25) is 26.2 Å². The average Bonchev–Trinajstić information content (AvgIpc) is 2.87. The summed E-state index contributed by atoms with van der Waals surface area (Å²) in [6.07, 6.45) is 10.7. The fourth-order valence-electron chi connectivity index (χ4n) is 8.06. The molecule has 0 N–H and O–H groups in total. The van der Waals surface area contributed by atoms with Crippen LogP contribution in [0.15, 0.2) is 23.8 Å². The topological polar surface area (TPSA) is 71.1 Å². The molecule has 3 aliphatic rings. The lowest BCUT2D eigenvalue weighted by Gasteiger charge is -2.52. The zero-order chi connectivity index (χ0) is 34.1. The lowest BCUT2D eigenvalue weighted by molar-refractivity contribution is -0.183. The number of hydrogen-bond acceptors (Lipinski definition) is 6. The van der Waals surface area contributed by atoms with Crippen molar-refractivity contribution in [2.75, 3.05) is 0 Å². The van der Waals surface area contributed by atoms with Gasteiger partial charge < -0.3 is 18.3 Å². The number of esters is 2.